The summed E-state index contributed by atoms with van der Waals surface area (Å²) in [6.45, 7) is 4.94. The average Bonchev–Trinajstić information content (AvgIpc) is 2.86. The molecule has 1 heterocycles. The fraction of sp³-hybridized carbons (Fsp3) is 0.538. The molecule has 100 valence electrons. The number of rotatable bonds is 6. The molecule has 0 spiro atoms. The first-order valence-electron chi connectivity index (χ1n) is 6.06. The van der Waals surface area contributed by atoms with E-state index in [1.54, 1.807) is 4.90 Å². The van der Waals surface area contributed by atoms with Crippen molar-refractivity contribution in [2.75, 3.05) is 20.2 Å². The normalized spacial score (nSPS) is 10.2. The summed E-state index contributed by atoms with van der Waals surface area (Å²) in [5, 5.41) is 1.93. The molecule has 0 aliphatic rings. The van der Waals surface area contributed by atoms with Crippen molar-refractivity contribution in [2.45, 2.75) is 26.7 Å². The highest BCUT2D eigenvalue weighted by atomic mass is 32.1. The summed E-state index contributed by atoms with van der Waals surface area (Å²) in [5.41, 5.74) is 1.07. The van der Waals surface area contributed by atoms with Gasteiger partial charge < -0.3 is 9.64 Å². The zero-order chi connectivity index (χ0) is 13.5. The summed E-state index contributed by atoms with van der Waals surface area (Å²) in [4.78, 5) is 25.9. The first-order chi connectivity index (χ1) is 8.63. The summed E-state index contributed by atoms with van der Waals surface area (Å²) in [5.74, 6) is -0.281. The van der Waals surface area contributed by atoms with Crippen molar-refractivity contribution >= 4 is 23.2 Å². The van der Waals surface area contributed by atoms with E-state index in [0.717, 1.165) is 16.9 Å². The molecular weight excluding hydrogens is 250 g/mol. The van der Waals surface area contributed by atoms with Crippen molar-refractivity contribution in [3.05, 3.63) is 21.9 Å². The molecule has 18 heavy (non-hydrogen) atoms. The predicted molar refractivity (Wildman–Crippen MR) is 71.9 cm³/mol. The molecular formula is C13H19NO3S. The maximum absolute atomic E-state index is 12.3. The lowest BCUT2D eigenvalue weighted by atomic mass is 10.2. The molecule has 0 aliphatic carbocycles. The quantitative estimate of drug-likeness (QED) is 0.745. The standard InChI is InChI=1S/C13H19NO3S/c1-4-10-7-9-18-12(10)13(16)14(5-2)8-6-11(15)17-3/h7,9H,4-6,8H2,1-3H3. The topological polar surface area (TPSA) is 46.6 Å². The fourth-order valence-electron chi connectivity index (χ4n) is 1.68. The van der Waals surface area contributed by atoms with Gasteiger partial charge in [-0.1, -0.05) is 6.92 Å². The number of hydrogen-bond acceptors (Lipinski definition) is 4. The maximum Gasteiger partial charge on any atom is 0.307 e. The van der Waals surface area contributed by atoms with Crippen LogP contribution in [-0.4, -0.2) is 37.0 Å². The van der Waals surface area contributed by atoms with Gasteiger partial charge in [-0.25, -0.2) is 0 Å². The summed E-state index contributed by atoms with van der Waals surface area (Å²) < 4.78 is 4.59. The molecule has 0 bridgehead atoms. The van der Waals surface area contributed by atoms with Crippen LogP contribution in [0.3, 0.4) is 0 Å². The number of carbonyl (C=O) groups excluding carboxylic acids is 2. The minimum absolute atomic E-state index is 0.00764. The fourth-order valence-corrected chi connectivity index (χ4v) is 2.64. The van der Waals surface area contributed by atoms with Gasteiger partial charge in [0, 0.05) is 13.1 Å². The Morgan fingerprint density at radius 2 is 2.11 bits per heavy atom. The molecule has 0 radical (unpaired) electrons. The number of aryl methyl sites for hydroxylation is 1. The van der Waals surface area contributed by atoms with Gasteiger partial charge in [0.05, 0.1) is 18.4 Å². The first kappa shape index (κ1) is 14.7. The second kappa shape index (κ2) is 7.16. The molecule has 0 atom stereocenters. The number of thiophene rings is 1. The summed E-state index contributed by atoms with van der Waals surface area (Å²) in [6, 6.07) is 1.98. The highest BCUT2D eigenvalue weighted by Crippen LogP contribution is 2.19. The van der Waals surface area contributed by atoms with Crippen molar-refractivity contribution < 1.29 is 14.3 Å². The highest BCUT2D eigenvalue weighted by Gasteiger charge is 2.19. The lowest BCUT2D eigenvalue weighted by molar-refractivity contribution is -0.140. The number of esters is 1. The lowest BCUT2D eigenvalue weighted by Gasteiger charge is -2.20. The lowest BCUT2D eigenvalue weighted by Crippen LogP contribution is -2.33. The molecule has 0 aliphatic heterocycles. The van der Waals surface area contributed by atoms with E-state index in [4.69, 9.17) is 0 Å². The summed E-state index contributed by atoms with van der Waals surface area (Å²) in [7, 11) is 1.36. The van der Waals surface area contributed by atoms with Crippen LogP contribution < -0.4 is 0 Å². The Labute approximate surface area is 112 Å². The van der Waals surface area contributed by atoms with Crippen molar-refractivity contribution in [1.82, 2.24) is 4.90 Å². The van der Waals surface area contributed by atoms with Gasteiger partial charge in [-0.3, -0.25) is 9.59 Å². The van der Waals surface area contributed by atoms with Crippen LogP contribution in [0.2, 0.25) is 0 Å². The molecule has 0 saturated carbocycles. The van der Waals surface area contributed by atoms with Crippen LogP contribution in [0.4, 0.5) is 0 Å². The number of methoxy groups -OCH3 is 1. The third-order valence-corrected chi connectivity index (χ3v) is 3.75. The zero-order valence-corrected chi connectivity index (χ0v) is 11.9. The zero-order valence-electron chi connectivity index (χ0n) is 11.1. The largest absolute Gasteiger partial charge is 0.469 e. The van der Waals surface area contributed by atoms with E-state index in [2.05, 4.69) is 4.74 Å². The third-order valence-electron chi connectivity index (χ3n) is 2.80. The van der Waals surface area contributed by atoms with E-state index < -0.39 is 0 Å². The predicted octanol–water partition coefficient (Wildman–Crippen LogP) is 2.34. The monoisotopic (exact) mass is 269 g/mol. The maximum atomic E-state index is 12.3. The van der Waals surface area contributed by atoms with E-state index in [0.29, 0.717) is 13.1 Å². The van der Waals surface area contributed by atoms with Crippen molar-refractivity contribution in [2.24, 2.45) is 0 Å². The van der Waals surface area contributed by atoms with Crippen molar-refractivity contribution in [3.8, 4) is 0 Å². The SMILES string of the molecule is CCc1ccsc1C(=O)N(CC)CCC(=O)OC. The average molecular weight is 269 g/mol. The molecule has 0 aromatic carbocycles. The van der Waals surface area contributed by atoms with E-state index in [-0.39, 0.29) is 18.3 Å². The Morgan fingerprint density at radius 1 is 1.39 bits per heavy atom. The molecule has 1 aromatic rings. The second-order valence-electron chi connectivity index (χ2n) is 3.84. The Morgan fingerprint density at radius 3 is 2.67 bits per heavy atom. The molecule has 4 nitrogen and oxygen atoms in total. The van der Waals surface area contributed by atoms with Crippen LogP contribution in [0.1, 0.15) is 35.5 Å². The molecule has 1 amide bonds. The summed E-state index contributed by atoms with van der Waals surface area (Å²) >= 11 is 1.46. The van der Waals surface area contributed by atoms with Gasteiger partial charge in [0.2, 0.25) is 0 Å². The minimum atomic E-state index is -0.289. The molecule has 1 aromatic heterocycles. The van der Waals surface area contributed by atoms with Crippen LogP contribution >= 0.6 is 11.3 Å². The third kappa shape index (κ3) is 3.57. The van der Waals surface area contributed by atoms with E-state index in [9.17, 15) is 9.59 Å². The van der Waals surface area contributed by atoms with Crippen LogP contribution in [0.25, 0.3) is 0 Å². The van der Waals surface area contributed by atoms with E-state index in [1.807, 2.05) is 25.3 Å². The molecule has 5 heteroatoms. The van der Waals surface area contributed by atoms with Crippen LogP contribution in [0.15, 0.2) is 11.4 Å². The second-order valence-corrected chi connectivity index (χ2v) is 4.76. The molecule has 0 unspecified atom stereocenters. The number of ether oxygens (including phenoxy) is 1. The minimum Gasteiger partial charge on any atom is -0.469 e. The number of amides is 1. The van der Waals surface area contributed by atoms with Gasteiger partial charge in [0.1, 0.15) is 0 Å². The van der Waals surface area contributed by atoms with Gasteiger partial charge in [-0.15, -0.1) is 11.3 Å². The Balaban J connectivity index is 2.70. The van der Waals surface area contributed by atoms with Crippen LogP contribution in [0.5, 0.6) is 0 Å². The van der Waals surface area contributed by atoms with Gasteiger partial charge in [-0.05, 0) is 30.4 Å². The molecule has 0 fully saturated rings. The van der Waals surface area contributed by atoms with Crippen LogP contribution in [-0.2, 0) is 16.0 Å². The number of carbonyl (C=O) groups is 2. The Bertz CT molecular complexity index is 414. The molecule has 1 rings (SSSR count). The van der Waals surface area contributed by atoms with E-state index in [1.165, 1.54) is 18.4 Å². The first-order valence-corrected chi connectivity index (χ1v) is 6.94. The van der Waals surface area contributed by atoms with Crippen LogP contribution in [0, 0.1) is 0 Å². The summed E-state index contributed by atoms with van der Waals surface area (Å²) in [6.07, 6.45) is 1.09. The van der Waals surface area contributed by atoms with Gasteiger partial charge in [0.15, 0.2) is 0 Å². The molecule has 0 N–H and O–H groups in total. The van der Waals surface area contributed by atoms with Crippen molar-refractivity contribution in [1.29, 1.82) is 0 Å². The smallest absolute Gasteiger partial charge is 0.307 e. The Hall–Kier alpha value is -1.36. The highest BCUT2D eigenvalue weighted by molar-refractivity contribution is 7.12. The van der Waals surface area contributed by atoms with Gasteiger partial charge >= 0.3 is 5.97 Å². The van der Waals surface area contributed by atoms with Gasteiger partial charge in [-0.2, -0.15) is 0 Å². The number of nitrogens with zero attached hydrogens (tertiary/aromatic N) is 1. The molecule has 0 saturated heterocycles. The van der Waals surface area contributed by atoms with Crippen molar-refractivity contribution in [3.63, 3.8) is 0 Å². The van der Waals surface area contributed by atoms with E-state index >= 15 is 0 Å². The Kier molecular flexibility index (Phi) is 5.85. The van der Waals surface area contributed by atoms with Gasteiger partial charge in [0.25, 0.3) is 5.91 Å². The number of hydrogen-bond donors (Lipinski definition) is 0.